The molecule has 1 heterocycles. The molecule has 1 aromatic heterocycles. The van der Waals surface area contributed by atoms with E-state index in [-0.39, 0.29) is 0 Å². The van der Waals surface area contributed by atoms with Gasteiger partial charge in [-0.25, -0.2) is 4.98 Å². The van der Waals surface area contributed by atoms with Gasteiger partial charge < -0.3 is 0 Å². The van der Waals surface area contributed by atoms with Crippen molar-refractivity contribution in [2.24, 2.45) is 0 Å². The van der Waals surface area contributed by atoms with Crippen molar-refractivity contribution < 1.29 is 0 Å². The molecule has 0 aliphatic carbocycles. The van der Waals surface area contributed by atoms with E-state index < -0.39 is 0 Å². The van der Waals surface area contributed by atoms with Crippen molar-refractivity contribution in [3.05, 3.63) is 139 Å². The minimum atomic E-state index is 0.840. The Morgan fingerprint density at radius 2 is 0.903 bits per heavy atom. The summed E-state index contributed by atoms with van der Waals surface area (Å²) in [5.41, 5.74) is 9.20. The number of hydrogen-bond acceptors (Lipinski definition) is 1. The molecule has 0 spiro atoms. The summed E-state index contributed by atoms with van der Waals surface area (Å²) < 4.78 is 0. The van der Waals surface area contributed by atoms with Gasteiger partial charge in [0.2, 0.25) is 0 Å². The lowest BCUT2D eigenvalue weighted by Crippen LogP contribution is -2.00. The number of aromatic nitrogens is 1. The van der Waals surface area contributed by atoms with Crippen molar-refractivity contribution >= 4 is 0 Å². The zero-order chi connectivity index (χ0) is 20.9. The molecule has 0 aliphatic heterocycles. The van der Waals surface area contributed by atoms with Crippen molar-refractivity contribution in [1.29, 1.82) is 0 Å². The van der Waals surface area contributed by atoms with Gasteiger partial charge in [0.05, 0.1) is 11.4 Å². The third-order valence-electron chi connectivity index (χ3n) is 5.52. The Morgan fingerprint density at radius 3 is 1.45 bits per heavy atom. The normalized spacial score (nSPS) is 10.7. The van der Waals surface area contributed by atoms with E-state index in [4.69, 9.17) is 4.98 Å². The zero-order valence-electron chi connectivity index (χ0n) is 17.3. The van der Waals surface area contributed by atoms with Crippen LogP contribution in [0.25, 0.3) is 33.6 Å². The molecular formula is C30H23N. The van der Waals surface area contributed by atoms with Crippen LogP contribution < -0.4 is 0 Å². The molecular weight excluding hydrogens is 374 g/mol. The van der Waals surface area contributed by atoms with Gasteiger partial charge in [-0.05, 0) is 29.2 Å². The van der Waals surface area contributed by atoms with Gasteiger partial charge >= 0.3 is 0 Å². The Bertz CT molecular complexity index is 1260. The molecule has 148 valence electrons. The fourth-order valence-electron chi connectivity index (χ4n) is 4.01. The Labute approximate surface area is 183 Å². The molecule has 0 fully saturated rings. The summed E-state index contributed by atoms with van der Waals surface area (Å²) in [5.74, 6) is 0. The highest BCUT2D eigenvalue weighted by atomic mass is 14.7. The molecule has 4 aromatic carbocycles. The number of hydrogen-bond donors (Lipinski definition) is 0. The SMILES string of the molecule is c1ccc(Cc2cc(-c3ccccc3)c(-c3ccccc3)nc2-c2ccccc2)cc1. The Morgan fingerprint density at radius 1 is 0.452 bits per heavy atom. The van der Waals surface area contributed by atoms with E-state index in [1.807, 2.05) is 6.07 Å². The first-order valence-corrected chi connectivity index (χ1v) is 10.6. The topological polar surface area (TPSA) is 12.9 Å². The highest BCUT2D eigenvalue weighted by Crippen LogP contribution is 2.36. The molecule has 1 nitrogen and oxygen atoms in total. The molecule has 0 aliphatic rings. The summed E-state index contributed by atoms with van der Waals surface area (Å²) in [6.45, 7) is 0. The van der Waals surface area contributed by atoms with E-state index in [0.717, 1.165) is 34.5 Å². The fourth-order valence-corrected chi connectivity index (χ4v) is 4.01. The van der Waals surface area contributed by atoms with Crippen LogP contribution in [0.3, 0.4) is 0 Å². The summed E-state index contributed by atoms with van der Waals surface area (Å²) >= 11 is 0. The fraction of sp³-hybridized carbons (Fsp3) is 0.0333. The summed E-state index contributed by atoms with van der Waals surface area (Å²) in [6.07, 6.45) is 0.840. The number of benzene rings is 4. The lowest BCUT2D eigenvalue weighted by Gasteiger charge is -2.17. The van der Waals surface area contributed by atoms with E-state index in [1.165, 1.54) is 16.7 Å². The van der Waals surface area contributed by atoms with Crippen molar-refractivity contribution in [2.75, 3.05) is 0 Å². The average molecular weight is 398 g/mol. The van der Waals surface area contributed by atoms with Crippen LogP contribution in [0, 0.1) is 0 Å². The molecule has 0 unspecified atom stereocenters. The summed E-state index contributed by atoms with van der Waals surface area (Å²) in [7, 11) is 0. The molecule has 5 aromatic rings. The molecule has 0 atom stereocenters. The molecule has 0 saturated heterocycles. The average Bonchev–Trinajstić information content (AvgIpc) is 2.86. The third-order valence-corrected chi connectivity index (χ3v) is 5.52. The summed E-state index contributed by atoms with van der Waals surface area (Å²) in [5, 5.41) is 0. The lowest BCUT2D eigenvalue weighted by atomic mass is 9.92. The molecule has 5 rings (SSSR count). The molecule has 0 bridgehead atoms. The van der Waals surface area contributed by atoms with Gasteiger partial charge in [0.15, 0.2) is 0 Å². The van der Waals surface area contributed by atoms with Crippen molar-refractivity contribution in [3.63, 3.8) is 0 Å². The molecule has 1 heteroatoms. The maximum atomic E-state index is 5.29. The summed E-state index contributed by atoms with van der Waals surface area (Å²) in [4.78, 5) is 5.29. The van der Waals surface area contributed by atoms with Crippen LogP contribution in [0.5, 0.6) is 0 Å². The van der Waals surface area contributed by atoms with Crippen LogP contribution in [0.4, 0.5) is 0 Å². The first-order valence-electron chi connectivity index (χ1n) is 10.6. The quantitative estimate of drug-likeness (QED) is 0.296. The Balaban J connectivity index is 1.76. The second kappa shape index (κ2) is 8.81. The lowest BCUT2D eigenvalue weighted by molar-refractivity contribution is 1.15. The van der Waals surface area contributed by atoms with E-state index in [2.05, 4.69) is 121 Å². The van der Waals surface area contributed by atoms with Gasteiger partial charge in [-0.2, -0.15) is 0 Å². The van der Waals surface area contributed by atoms with Gasteiger partial charge in [0.25, 0.3) is 0 Å². The zero-order valence-corrected chi connectivity index (χ0v) is 17.3. The highest BCUT2D eigenvalue weighted by Gasteiger charge is 2.16. The van der Waals surface area contributed by atoms with Gasteiger partial charge in [0.1, 0.15) is 0 Å². The largest absolute Gasteiger partial charge is 0.247 e. The minimum Gasteiger partial charge on any atom is -0.247 e. The predicted molar refractivity (Wildman–Crippen MR) is 130 cm³/mol. The number of pyridine rings is 1. The van der Waals surface area contributed by atoms with Crippen LogP contribution in [0.1, 0.15) is 11.1 Å². The number of rotatable bonds is 5. The molecule has 0 radical (unpaired) electrons. The molecule has 31 heavy (non-hydrogen) atoms. The Kier molecular flexibility index (Phi) is 5.40. The van der Waals surface area contributed by atoms with Gasteiger partial charge in [0, 0.05) is 16.7 Å². The van der Waals surface area contributed by atoms with E-state index >= 15 is 0 Å². The second-order valence-electron chi connectivity index (χ2n) is 7.65. The predicted octanol–water partition coefficient (Wildman–Crippen LogP) is 7.67. The first-order chi connectivity index (χ1) is 15.4. The minimum absolute atomic E-state index is 0.840. The molecule has 0 saturated carbocycles. The highest BCUT2D eigenvalue weighted by molar-refractivity contribution is 5.84. The molecule has 0 amide bonds. The second-order valence-corrected chi connectivity index (χ2v) is 7.65. The monoisotopic (exact) mass is 397 g/mol. The van der Waals surface area contributed by atoms with Gasteiger partial charge in [-0.3, -0.25) is 0 Å². The smallest absolute Gasteiger partial charge is 0.0788 e. The van der Waals surface area contributed by atoms with Crippen LogP contribution in [-0.4, -0.2) is 4.98 Å². The van der Waals surface area contributed by atoms with Crippen molar-refractivity contribution in [3.8, 4) is 33.6 Å². The maximum absolute atomic E-state index is 5.29. The van der Waals surface area contributed by atoms with Gasteiger partial charge in [-0.1, -0.05) is 121 Å². The first kappa shape index (κ1) is 19.0. The molecule has 0 N–H and O–H groups in total. The van der Waals surface area contributed by atoms with Crippen LogP contribution in [-0.2, 0) is 6.42 Å². The van der Waals surface area contributed by atoms with Crippen molar-refractivity contribution in [2.45, 2.75) is 6.42 Å². The van der Waals surface area contributed by atoms with Crippen LogP contribution in [0.15, 0.2) is 127 Å². The van der Waals surface area contributed by atoms with Gasteiger partial charge in [-0.15, -0.1) is 0 Å². The van der Waals surface area contributed by atoms with E-state index in [9.17, 15) is 0 Å². The standard InChI is InChI=1S/C30H23N/c1-5-13-23(14-6-1)21-27-22-28(24-15-7-2-8-16-24)30(26-19-11-4-12-20-26)31-29(27)25-17-9-3-10-18-25/h1-20,22H,21H2. The number of nitrogens with zero attached hydrogens (tertiary/aromatic N) is 1. The van der Waals surface area contributed by atoms with Crippen molar-refractivity contribution in [1.82, 2.24) is 4.98 Å². The Hall–Kier alpha value is -3.97. The van der Waals surface area contributed by atoms with E-state index in [0.29, 0.717) is 0 Å². The summed E-state index contributed by atoms with van der Waals surface area (Å²) in [6, 6.07) is 44.5. The maximum Gasteiger partial charge on any atom is 0.0788 e. The van der Waals surface area contributed by atoms with Crippen LogP contribution >= 0.6 is 0 Å². The van der Waals surface area contributed by atoms with Crippen LogP contribution in [0.2, 0.25) is 0 Å². The third kappa shape index (κ3) is 4.17. The van der Waals surface area contributed by atoms with E-state index in [1.54, 1.807) is 0 Å².